The molecule has 2 N–H and O–H groups in total. The maximum absolute atomic E-state index is 5.46. The van der Waals surface area contributed by atoms with E-state index >= 15 is 0 Å². The maximum atomic E-state index is 5.46. The summed E-state index contributed by atoms with van der Waals surface area (Å²) in [6.45, 7) is 3.94. The first-order valence-corrected chi connectivity index (χ1v) is 3.96. The molecular weight excluding hydrogens is 128 g/mol. The van der Waals surface area contributed by atoms with Crippen molar-refractivity contribution in [2.45, 2.75) is 32.4 Å². The summed E-state index contributed by atoms with van der Waals surface area (Å²) in [5.74, 6) is 0. The lowest BCUT2D eigenvalue weighted by Crippen LogP contribution is -2.36. The number of hydrogen-bond acceptors (Lipinski definition) is 3. The third kappa shape index (κ3) is 2.64. The van der Waals surface area contributed by atoms with E-state index in [1.807, 2.05) is 12.0 Å². The van der Waals surface area contributed by atoms with Gasteiger partial charge in [0.1, 0.15) is 6.23 Å². The van der Waals surface area contributed by atoms with Crippen LogP contribution in [0.5, 0.6) is 0 Å². The summed E-state index contributed by atoms with van der Waals surface area (Å²) in [7, 11) is 0. The molecule has 3 nitrogen and oxygen atoms in total. The third-order valence-electron chi connectivity index (χ3n) is 1.63. The van der Waals surface area contributed by atoms with Gasteiger partial charge in [-0.2, -0.15) is 5.06 Å². The predicted octanol–water partition coefficient (Wildman–Crippen LogP) is 0.709. The fraction of sp³-hybridized carbons (Fsp3) is 1.00. The lowest BCUT2D eigenvalue weighted by atomic mass is 10.2. The molecule has 0 aromatic carbocycles. The van der Waals surface area contributed by atoms with Crippen LogP contribution in [0.1, 0.15) is 26.2 Å². The molecule has 1 rings (SSSR count). The van der Waals surface area contributed by atoms with Crippen LogP contribution in [-0.4, -0.2) is 24.4 Å². The third-order valence-corrected chi connectivity index (χ3v) is 1.63. The Morgan fingerprint density at radius 2 is 1.90 bits per heavy atom. The van der Waals surface area contributed by atoms with Gasteiger partial charge in [-0.3, -0.25) is 4.84 Å². The Balaban J connectivity index is 2.13. The molecule has 1 heterocycles. The molecule has 0 saturated carbocycles. The molecule has 1 aliphatic heterocycles. The van der Waals surface area contributed by atoms with Crippen molar-refractivity contribution in [3.63, 3.8) is 0 Å². The Kier molecular flexibility index (Phi) is 3.12. The molecular formula is C7H16N2O. The van der Waals surface area contributed by atoms with Gasteiger partial charge in [0.25, 0.3) is 0 Å². The zero-order valence-corrected chi connectivity index (χ0v) is 6.55. The van der Waals surface area contributed by atoms with Gasteiger partial charge in [-0.15, -0.1) is 0 Å². The summed E-state index contributed by atoms with van der Waals surface area (Å²) in [5, 5.41) is 1.97. The summed E-state index contributed by atoms with van der Waals surface area (Å²) >= 11 is 0. The fourth-order valence-electron chi connectivity index (χ4n) is 1.21. The number of nitrogens with zero attached hydrogens (tertiary/aromatic N) is 1. The molecule has 10 heavy (non-hydrogen) atoms. The zero-order valence-electron chi connectivity index (χ0n) is 6.55. The van der Waals surface area contributed by atoms with E-state index in [0.29, 0.717) is 0 Å². The number of hydroxylamine groups is 2. The molecule has 1 fully saturated rings. The van der Waals surface area contributed by atoms with Gasteiger partial charge in [0.15, 0.2) is 0 Å². The van der Waals surface area contributed by atoms with Crippen LogP contribution in [-0.2, 0) is 4.84 Å². The van der Waals surface area contributed by atoms with Crippen LogP contribution in [0.4, 0.5) is 0 Å². The largest absolute Gasteiger partial charge is 0.305 e. The molecule has 1 saturated heterocycles. The summed E-state index contributed by atoms with van der Waals surface area (Å²) < 4.78 is 0. The SMILES string of the molecule is C[C@@H](N)ON1CCCCC1. The highest BCUT2D eigenvalue weighted by Crippen LogP contribution is 2.08. The van der Waals surface area contributed by atoms with Gasteiger partial charge in [0.2, 0.25) is 0 Å². The van der Waals surface area contributed by atoms with Crippen molar-refractivity contribution >= 4 is 0 Å². The second-order valence-electron chi connectivity index (χ2n) is 2.80. The minimum atomic E-state index is -0.155. The average molecular weight is 144 g/mol. The lowest BCUT2D eigenvalue weighted by Gasteiger charge is -2.26. The Morgan fingerprint density at radius 1 is 1.30 bits per heavy atom. The first kappa shape index (κ1) is 7.98. The van der Waals surface area contributed by atoms with Gasteiger partial charge in [-0.25, -0.2) is 0 Å². The van der Waals surface area contributed by atoms with Gasteiger partial charge >= 0.3 is 0 Å². The van der Waals surface area contributed by atoms with E-state index in [1.54, 1.807) is 0 Å². The van der Waals surface area contributed by atoms with Crippen molar-refractivity contribution < 1.29 is 4.84 Å². The first-order valence-electron chi connectivity index (χ1n) is 3.96. The second-order valence-corrected chi connectivity index (χ2v) is 2.80. The molecule has 3 heteroatoms. The van der Waals surface area contributed by atoms with Crippen LogP contribution >= 0.6 is 0 Å². The van der Waals surface area contributed by atoms with Crippen molar-refractivity contribution in [1.82, 2.24) is 5.06 Å². The number of rotatable bonds is 2. The normalized spacial score (nSPS) is 24.6. The van der Waals surface area contributed by atoms with Crippen LogP contribution in [0.3, 0.4) is 0 Å². The van der Waals surface area contributed by atoms with Gasteiger partial charge in [0.05, 0.1) is 0 Å². The van der Waals surface area contributed by atoms with Gasteiger partial charge in [-0.1, -0.05) is 6.42 Å². The standard InChI is InChI=1S/C7H16N2O/c1-7(8)10-9-5-3-2-4-6-9/h7H,2-6,8H2,1H3/t7-/m0/s1. The maximum Gasteiger partial charge on any atom is 0.124 e. The molecule has 60 valence electrons. The smallest absolute Gasteiger partial charge is 0.124 e. The first-order chi connectivity index (χ1) is 4.79. The zero-order chi connectivity index (χ0) is 7.40. The van der Waals surface area contributed by atoms with Crippen molar-refractivity contribution in [3.8, 4) is 0 Å². The topological polar surface area (TPSA) is 38.5 Å². The highest BCUT2D eigenvalue weighted by Gasteiger charge is 2.11. The van der Waals surface area contributed by atoms with Crippen LogP contribution in [0.15, 0.2) is 0 Å². The Bertz CT molecular complexity index is 89.6. The molecule has 0 aliphatic carbocycles. The van der Waals surface area contributed by atoms with Crippen LogP contribution in [0, 0.1) is 0 Å². The van der Waals surface area contributed by atoms with E-state index in [9.17, 15) is 0 Å². The van der Waals surface area contributed by atoms with E-state index in [4.69, 9.17) is 10.6 Å². The Morgan fingerprint density at radius 3 is 2.40 bits per heavy atom. The summed E-state index contributed by atoms with van der Waals surface area (Å²) in [5.41, 5.74) is 5.46. The van der Waals surface area contributed by atoms with E-state index < -0.39 is 0 Å². The highest BCUT2D eigenvalue weighted by atomic mass is 16.7. The molecule has 0 unspecified atom stereocenters. The molecule has 1 aliphatic rings. The van der Waals surface area contributed by atoms with Gasteiger partial charge < -0.3 is 5.73 Å². The summed E-state index contributed by atoms with van der Waals surface area (Å²) in [6.07, 6.45) is 3.66. The van der Waals surface area contributed by atoms with Crippen molar-refractivity contribution in [2.75, 3.05) is 13.1 Å². The van der Waals surface area contributed by atoms with E-state index in [-0.39, 0.29) is 6.23 Å². The molecule has 0 amide bonds. The molecule has 0 aromatic rings. The molecule has 0 aromatic heterocycles. The van der Waals surface area contributed by atoms with Crippen LogP contribution in [0.25, 0.3) is 0 Å². The van der Waals surface area contributed by atoms with Crippen molar-refractivity contribution in [1.29, 1.82) is 0 Å². The van der Waals surface area contributed by atoms with Gasteiger partial charge in [0, 0.05) is 13.1 Å². The predicted molar refractivity (Wildman–Crippen MR) is 40.2 cm³/mol. The minimum absolute atomic E-state index is 0.155. The fourth-order valence-corrected chi connectivity index (χ4v) is 1.21. The average Bonchev–Trinajstić information content (AvgIpc) is 1.88. The highest BCUT2D eigenvalue weighted by molar-refractivity contribution is 4.56. The van der Waals surface area contributed by atoms with E-state index in [0.717, 1.165) is 13.1 Å². The van der Waals surface area contributed by atoms with Crippen LogP contribution in [0.2, 0.25) is 0 Å². The van der Waals surface area contributed by atoms with Crippen molar-refractivity contribution in [2.24, 2.45) is 5.73 Å². The second kappa shape index (κ2) is 3.91. The molecule has 0 spiro atoms. The van der Waals surface area contributed by atoms with E-state index in [1.165, 1.54) is 19.3 Å². The molecule has 0 radical (unpaired) electrons. The monoisotopic (exact) mass is 144 g/mol. The van der Waals surface area contributed by atoms with Crippen molar-refractivity contribution in [3.05, 3.63) is 0 Å². The number of piperidine rings is 1. The number of hydrogen-bond donors (Lipinski definition) is 1. The van der Waals surface area contributed by atoms with Gasteiger partial charge in [-0.05, 0) is 19.8 Å². The van der Waals surface area contributed by atoms with Crippen LogP contribution < -0.4 is 5.73 Å². The Labute approximate surface area is 62.1 Å². The minimum Gasteiger partial charge on any atom is -0.305 e. The van der Waals surface area contributed by atoms with E-state index in [2.05, 4.69) is 0 Å². The Hall–Kier alpha value is -0.120. The lowest BCUT2D eigenvalue weighted by molar-refractivity contribution is -0.198. The molecule has 0 bridgehead atoms. The molecule has 1 atom stereocenters. The summed E-state index contributed by atoms with van der Waals surface area (Å²) in [6, 6.07) is 0. The summed E-state index contributed by atoms with van der Waals surface area (Å²) in [4.78, 5) is 5.30. The quantitative estimate of drug-likeness (QED) is 0.580. The number of nitrogens with two attached hydrogens (primary N) is 1.